The number of aromatic nitrogens is 2. The van der Waals surface area contributed by atoms with Crippen LogP contribution in [-0.2, 0) is 30.3 Å². The van der Waals surface area contributed by atoms with E-state index in [0.29, 0.717) is 30.1 Å². The molecule has 3 heterocycles. The second-order valence-electron chi connectivity index (χ2n) is 11.8. The normalized spacial score (nSPS) is 23.9. The Balaban J connectivity index is 1.63. The van der Waals surface area contributed by atoms with Gasteiger partial charge in [-0.15, -0.1) is 0 Å². The largest absolute Gasteiger partial charge is 0.492 e. The van der Waals surface area contributed by atoms with Gasteiger partial charge in [0.05, 0.1) is 31.9 Å². The lowest BCUT2D eigenvalue weighted by atomic mass is 9.99. The number of cyclic esters (lactones) is 1. The summed E-state index contributed by atoms with van der Waals surface area (Å²) in [7, 11) is 4.82. The van der Waals surface area contributed by atoms with E-state index >= 15 is 0 Å². The number of amides is 1. The van der Waals surface area contributed by atoms with Crippen molar-refractivity contribution in [3.8, 4) is 11.5 Å². The van der Waals surface area contributed by atoms with E-state index in [1.807, 2.05) is 20.8 Å². The van der Waals surface area contributed by atoms with Crippen LogP contribution in [0.15, 0.2) is 42.8 Å². The summed E-state index contributed by atoms with van der Waals surface area (Å²) in [4.78, 5) is 50.6. The predicted molar refractivity (Wildman–Crippen MR) is 177 cm³/mol. The second kappa shape index (κ2) is 16.2. The number of ether oxygens (including phenoxy) is 6. The summed E-state index contributed by atoms with van der Waals surface area (Å²) in [5.41, 5.74) is 0.657. The number of nitrogens with zero attached hydrogens (tertiary/aromatic N) is 3. The molecule has 2 aromatic rings. The smallest absolute Gasteiger partial charge is 0.342 e. The maximum absolute atomic E-state index is 13.6. The Labute approximate surface area is 276 Å². The number of carbonyl (C=O) groups is 3. The highest BCUT2D eigenvalue weighted by atomic mass is 16.8. The molecule has 0 N–H and O–H groups in total. The molecule has 0 saturated carbocycles. The number of hydrogen-bond acceptors (Lipinski definition) is 11. The number of fused-ring (bicyclic) bond motifs is 2. The molecule has 4 rings (SSSR count). The molecule has 2 aliphatic rings. The van der Waals surface area contributed by atoms with Crippen LogP contribution in [0.4, 0.5) is 4.79 Å². The van der Waals surface area contributed by atoms with Gasteiger partial charge in [0, 0.05) is 25.3 Å². The highest BCUT2D eigenvalue weighted by molar-refractivity contribution is 6.56. The Bertz CT molecular complexity index is 1480. The van der Waals surface area contributed by atoms with Crippen molar-refractivity contribution in [2.45, 2.75) is 64.8 Å². The molecular formula is C32H43B2N3O10. The number of hydrogen-bond donors (Lipinski definition) is 0. The van der Waals surface area contributed by atoms with E-state index in [9.17, 15) is 14.4 Å². The van der Waals surface area contributed by atoms with Gasteiger partial charge in [-0.25, -0.2) is 9.78 Å². The zero-order chi connectivity index (χ0) is 34.1. The van der Waals surface area contributed by atoms with E-state index in [-0.39, 0.29) is 55.3 Å². The van der Waals surface area contributed by atoms with Crippen LogP contribution in [-0.4, -0.2) is 106 Å². The molecule has 13 nitrogen and oxygen atoms in total. The predicted octanol–water partition coefficient (Wildman–Crippen LogP) is 1.76. The quantitative estimate of drug-likeness (QED) is 0.200. The third-order valence-electron chi connectivity index (χ3n) is 7.73. The molecule has 252 valence electrons. The molecule has 47 heavy (non-hydrogen) atoms. The average molecular weight is 651 g/mol. The highest BCUT2D eigenvalue weighted by Crippen LogP contribution is 2.34. The number of ketones is 1. The number of benzene rings is 1. The summed E-state index contributed by atoms with van der Waals surface area (Å²) in [6, 6.07) is 3.29. The molecule has 1 aromatic carbocycles. The van der Waals surface area contributed by atoms with Crippen LogP contribution >= 0.6 is 0 Å². The van der Waals surface area contributed by atoms with E-state index in [4.69, 9.17) is 33.3 Å². The molecule has 1 aromatic heterocycles. The van der Waals surface area contributed by atoms with Gasteiger partial charge in [-0.3, -0.25) is 9.59 Å². The van der Waals surface area contributed by atoms with Crippen molar-refractivity contribution in [3.63, 3.8) is 0 Å². The zero-order valence-electron chi connectivity index (χ0n) is 28.1. The summed E-state index contributed by atoms with van der Waals surface area (Å²) >= 11 is 0. The molecule has 4 atom stereocenters. The Morgan fingerprint density at radius 2 is 1.96 bits per heavy atom. The molecule has 0 radical (unpaired) electrons. The third kappa shape index (κ3) is 9.49. The molecule has 2 aliphatic heterocycles. The van der Waals surface area contributed by atoms with Gasteiger partial charge in [0.25, 0.3) is 0 Å². The molecular weight excluding hydrogens is 608 g/mol. The third-order valence-corrected chi connectivity index (χ3v) is 7.73. The van der Waals surface area contributed by atoms with Gasteiger partial charge >= 0.3 is 5.97 Å². The van der Waals surface area contributed by atoms with Crippen LogP contribution in [0.1, 0.15) is 55.9 Å². The minimum absolute atomic E-state index is 0.127. The average Bonchev–Trinajstić information content (AvgIpc) is 3.59. The minimum atomic E-state index is -0.936. The highest BCUT2D eigenvalue weighted by Gasteiger charge is 2.43. The number of imidazole rings is 1. The van der Waals surface area contributed by atoms with Gasteiger partial charge in [-0.1, -0.05) is 25.2 Å². The van der Waals surface area contributed by atoms with Crippen molar-refractivity contribution < 1.29 is 47.6 Å². The van der Waals surface area contributed by atoms with Gasteiger partial charge in [0.2, 0.25) is 7.85 Å². The topological polar surface area (TPSA) is 137 Å². The molecule has 1 unspecified atom stereocenters. The Kier molecular flexibility index (Phi) is 12.3. The number of rotatable bonds is 11. The standard InChI is InChI=1S/C32H43B2N3O10/c1-20-9-10-24(38)29-25(46-32(3,4)47-29)8-6-7-22-15-23(16-26(43-19-41-5)28(22)30(39)45-21(20)2)42-14-13-36(31(34)40)17-27-35-11-12-37(27)44-18-33/h6-7,9-12,15-16,20-21,25,29H,8,13-14,17-19,33-34H2,1-5H3/b7-6+,10-9-/t20-,21+,25+,29?/m1/s1. The second-order valence-corrected chi connectivity index (χ2v) is 11.8. The number of carbonyl (C=O) groups excluding carboxylic acids is 3. The van der Waals surface area contributed by atoms with Crippen molar-refractivity contribution >= 4 is 39.3 Å². The molecule has 1 amide bonds. The minimum Gasteiger partial charge on any atom is -0.492 e. The van der Waals surface area contributed by atoms with Crippen LogP contribution < -0.4 is 14.3 Å². The lowest BCUT2D eigenvalue weighted by Crippen LogP contribution is -2.34. The Morgan fingerprint density at radius 1 is 1.17 bits per heavy atom. The van der Waals surface area contributed by atoms with Crippen molar-refractivity contribution in [2.75, 3.05) is 33.6 Å². The van der Waals surface area contributed by atoms with Crippen molar-refractivity contribution in [1.82, 2.24) is 14.6 Å². The van der Waals surface area contributed by atoms with Crippen LogP contribution in [0.5, 0.6) is 11.5 Å². The maximum Gasteiger partial charge on any atom is 0.342 e. The number of methoxy groups -OCH3 is 1. The number of esters is 1. The summed E-state index contributed by atoms with van der Waals surface area (Å²) in [6.07, 6.45) is 8.47. The Morgan fingerprint density at radius 3 is 2.68 bits per heavy atom. The summed E-state index contributed by atoms with van der Waals surface area (Å²) in [6.45, 7) is 8.10. The first kappa shape index (κ1) is 35.8. The first-order valence-electron chi connectivity index (χ1n) is 15.7. The monoisotopic (exact) mass is 651 g/mol. The molecule has 0 spiro atoms. The Hall–Kier alpha value is -4.07. The molecule has 15 heteroatoms. The van der Waals surface area contributed by atoms with Crippen LogP contribution in [0, 0.1) is 5.92 Å². The van der Waals surface area contributed by atoms with Gasteiger partial charge in [-0.2, -0.15) is 4.73 Å². The van der Waals surface area contributed by atoms with Gasteiger partial charge in [0.15, 0.2) is 37.8 Å². The van der Waals surface area contributed by atoms with Crippen LogP contribution in [0.2, 0.25) is 0 Å². The van der Waals surface area contributed by atoms with Gasteiger partial charge in [-0.05, 0) is 44.9 Å². The summed E-state index contributed by atoms with van der Waals surface area (Å²) in [5, 5.41) is 0. The van der Waals surface area contributed by atoms with E-state index in [1.165, 1.54) is 25.8 Å². The van der Waals surface area contributed by atoms with Crippen molar-refractivity contribution in [1.29, 1.82) is 0 Å². The fourth-order valence-electron chi connectivity index (χ4n) is 5.17. The molecule has 0 bridgehead atoms. The summed E-state index contributed by atoms with van der Waals surface area (Å²) < 4.78 is 36.5. The maximum atomic E-state index is 13.6. The fourth-order valence-corrected chi connectivity index (χ4v) is 5.17. The lowest BCUT2D eigenvalue weighted by Gasteiger charge is -2.23. The van der Waals surface area contributed by atoms with E-state index < -0.39 is 30.1 Å². The zero-order valence-corrected chi connectivity index (χ0v) is 28.1. The van der Waals surface area contributed by atoms with E-state index in [2.05, 4.69) is 4.98 Å². The van der Waals surface area contributed by atoms with E-state index in [0.717, 1.165) is 0 Å². The van der Waals surface area contributed by atoms with Crippen LogP contribution in [0.25, 0.3) is 6.08 Å². The molecule has 1 saturated heterocycles. The SMILES string of the molecule is BCOn1ccnc1CN(CCOc1cc2c(c(OCOC)c1)C(=O)O[C@@H](C)[C@H](C)/C=C\C(=O)C1OC(C)(C)O[C@H]1C/C=C/2)C(B)=O. The molecule has 1 fully saturated rings. The van der Waals surface area contributed by atoms with Crippen LogP contribution in [0.3, 0.4) is 0 Å². The van der Waals surface area contributed by atoms with Crippen molar-refractivity contribution in [2.24, 2.45) is 5.92 Å². The van der Waals surface area contributed by atoms with Gasteiger partial charge in [0.1, 0.15) is 35.9 Å². The van der Waals surface area contributed by atoms with Gasteiger partial charge < -0.3 is 38.2 Å². The first-order chi connectivity index (χ1) is 22.4. The lowest BCUT2D eigenvalue weighted by molar-refractivity contribution is -0.152. The van der Waals surface area contributed by atoms with Crippen molar-refractivity contribution in [3.05, 3.63) is 59.7 Å². The fraction of sp³-hybridized carbons (Fsp3) is 0.500. The summed E-state index contributed by atoms with van der Waals surface area (Å²) in [5.74, 6) is -1.02. The molecule has 0 aliphatic carbocycles. The van der Waals surface area contributed by atoms with E-state index in [1.54, 1.807) is 62.3 Å². The first-order valence-corrected chi connectivity index (χ1v) is 15.7.